The third-order valence-corrected chi connectivity index (χ3v) is 3.11. The van der Waals surface area contributed by atoms with Crippen LogP contribution in [0, 0.1) is 17.1 Å². The molecule has 1 N–H and O–H groups in total. The molecule has 0 atom stereocenters. The smallest absolute Gasteiger partial charge is 0.182 e. The second-order valence-corrected chi connectivity index (χ2v) is 5.11. The first-order chi connectivity index (χ1) is 9.53. The van der Waals surface area contributed by atoms with Crippen molar-refractivity contribution >= 4 is 5.82 Å². The molecule has 1 heterocycles. The van der Waals surface area contributed by atoms with Crippen LogP contribution in [-0.2, 0) is 5.41 Å². The lowest BCUT2D eigenvalue weighted by Gasteiger charge is -2.26. The summed E-state index contributed by atoms with van der Waals surface area (Å²) in [5, 5.41) is 12.1. The van der Waals surface area contributed by atoms with Crippen molar-refractivity contribution in [3.05, 3.63) is 53.7 Å². The van der Waals surface area contributed by atoms with Gasteiger partial charge in [0.15, 0.2) is 11.5 Å². The summed E-state index contributed by atoms with van der Waals surface area (Å²) < 4.78 is 13.3. The van der Waals surface area contributed by atoms with Crippen LogP contribution in [0.25, 0.3) is 0 Å². The van der Waals surface area contributed by atoms with Crippen LogP contribution in [0.1, 0.15) is 25.1 Å². The number of nitrogens with one attached hydrogen (secondary N) is 1. The Morgan fingerprint density at radius 2 is 2.05 bits per heavy atom. The van der Waals surface area contributed by atoms with Crippen molar-refractivity contribution in [3.63, 3.8) is 0 Å². The van der Waals surface area contributed by atoms with Gasteiger partial charge in [0, 0.05) is 24.4 Å². The maximum atomic E-state index is 13.3. The van der Waals surface area contributed by atoms with Crippen LogP contribution in [-0.4, -0.2) is 16.5 Å². The van der Waals surface area contributed by atoms with Crippen molar-refractivity contribution in [2.75, 3.05) is 11.9 Å². The minimum Gasteiger partial charge on any atom is -0.367 e. The van der Waals surface area contributed by atoms with Gasteiger partial charge in [0.05, 0.1) is 0 Å². The van der Waals surface area contributed by atoms with E-state index in [4.69, 9.17) is 5.26 Å². The fraction of sp³-hybridized carbons (Fsp3) is 0.267. The Kier molecular flexibility index (Phi) is 3.94. The van der Waals surface area contributed by atoms with Crippen molar-refractivity contribution in [1.82, 2.24) is 9.97 Å². The molecule has 0 unspecified atom stereocenters. The van der Waals surface area contributed by atoms with Crippen LogP contribution in [0.3, 0.4) is 0 Å². The first kappa shape index (κ1) is 13.9. The molecule has 0 aliphatic rings. The Bertz CT molecular complexity index is 646. The van der Waals surface area contributed by atoms with E-state index in [0.717, 1.165) is 5.56 Å². The lowest BCUT2D eigenvalue weighted by atomic mass is 9.84. The Morgan fingerprint density at radius 1 is 1.30 bits per heavy atom. The predicted octanol–water partition coefficient (Wildman–Crippen LogP) is 2.88. The molecule has 5 heteroatoms. The monoisotopic (exact) mass is 270 g/mol. The van der Waals surface area contributed by atoms with Gasteiger partial charge in [-0.2, -0.15) is 5.26 Å². The second kappa shape index (κ2) is 5.66. The average Bonchev–Trinajstić information content (AvgIpc) is 2.45. The summed E-state index contributed by atoms with van der Waals surface area (Å²) in [4.78, 5) is 8.03. The van der Waals surface area contributed by atoms with Gasteiger partial charge in [-0.1, -0.05) is 26.0 Å². The van der Waals surface area contributed by atoms with Crippen LogP contribution in [0.2, 0.25) is 0 Å². The SMILES string of the molecule is CC(C)(CNc1nccnc1C#N)c1cccc(F)c1. The molecule has 0 saturated heterocycles. The van der Waals surface area contributed by atoms with Gasteiger partial charge in [-0.25, -0.2) is 14.4 Å². The molecule has 0 saturated carbocycles. The largest absolute Gasteiger partial charge is 0.367 e. The van der Waals surface area contributed by atoms with Crippen LogP contribution in [0.4, 0.5) is 10.2 Å². The zero-order valence-corrected chi connectivity index (χ0v) is 11.4. The van der Waals surface area contributed by atoms with Gasteiger partial charge >= 0.3 is 0 Å². The maximum absolute atomic E-state index is 13.3. The first-order valence-electron chi connectivity index (χ1n) is 6.24. The number of nitrogens with zero attached hydrogens (tertiary/aromatic N) is 3. The van der Waals surface area contributed by atoms with E-state index in [9.17, 15) is 4.39 Å². The molecule has 0 fully saturated rings. The summed E-state index contributed by atoms with van der Waals surface area (Å²) in [6, 6.07) is 8.49. The minimum atomic E-state index is -0.299. The molecule has 0 radical (unpaired) electrons. The molecule has 0 aliphatic carbocycles. The highest BCUT2D eigenvalue weighted by molar-refractivity contribution is 5.47. The lowest BCUT2D eigenvalue weighted by molar-refractivity contribution is 0.545. The molecular weight excluding hydrogens is 255 g/mol. The highest BCUT2D eigenvalue weighted by Crippen LogP contribution is 2.24. The number of rotatable bonds is 4. The zero-order valence-electron chi connectivity index (χ0n) is 11.4. The molecule has 1 aromatic heterocycles. The van der Waals surface area contributed by atoms with Gasteiger partial charge < -0.3 is 5.32 Å². The Morgan fingerprint density at radius 3 is 2.75 bits per heavy atom. The Hall–Kier alpha value is -2.48. The van der Waals surface area contributed by atoms with Crippen LogP contribution >= 0.6 is 0 Å². The fourth-order valence-corrected chi connectivity index (χ4v) is 1.87. The van der Waals surface area contributed by atoms with E-state index in [1.165, 1.54) is 24.5 Å². The van der Waals surface area contributed by atoms with E-state index in [0.29, 0.717) is 12.4 Å². The summed E-state index contributed by atoms with van der Waals surface area (Å²) in [6.07, 6.45) is 3.00. The third kappa shape index (κ3) is 3.09. The average molecular weight is 270 g/mol. The first-order valence-corrected chi connectivity index (χ1v) is 6.24. The molecule has 1 aromatic carbocycles. The summed E-state index contributed by atoms with van der Waals surface area (Å²) in [5.41, 5.74) is 0.835. The third-order valence-electron chi connectivity index (χ3n) is 3.11. The van der Waals surface area contributed by atoms with Crippen molar-refractivity contribution < 1.29 is 4.39 Å². The fourth-order valence-electron chi connectivity index (χ4n) is 1.87. The maximum Gasteiger partial charge on any atom is 0.182 e. The Labute approximate surface area is 117 Å². The number of nitriles is 1. The number of hydrogen-bond acceptors (Lipinski definition) is 4. The van der Waals surface area contributed by atoms with E-state index in [1.54, 1.807) is 6.07 Å². The van der Waals surface area contributed by atoms with Gasteiger partial charge in [0.25, 0.3) is 0 Å². The number of anilines is 1. The summed E-state index contributed by atoms with van der Waals surface area (Å²) in [7, 11) is 0. The standard InChI is InChI=1S/C15H15FN4/c1-15(2,11-4-3-5-12(16)8-11)10-20-14-13(9-17)18-6-7-19-14/h3-8H,10H2,1-2H3,(H,19,20). The molecule has 20 heavy (non-hydrogen) atoms. The number of aromatic nitrogens is 2. The van der Waals surface area contributed by atoms with Crippen molar-refractivity contribution in [2.24, 2.45) is 0 Å². The van der Waals surface area contributed by atoms with Crippen LogP contribution < -0.4 is 5.32 Å². The molecule has 2 rings (SSSR count). The van der Waals surface area contributed by atoms with Crippen molar-refractivity contribution in [1.29, 1.82) is 5.26 Å². The molecule has 2 aromatic rings. The summed E-state index contributed by atoms with van der Waals surface area (Å²) in [5.74, 6) is 0.187. The van der Waals surface area contributed by atoms with Gasteiger partial charge in [-0.05, 0) is 17.7 Å². The number of halogens is 1. The van der Waals surface area contributed by atoms with Gasteiger partial charge in [0.2, 0.25) is 0 Å². The van der Waals surface area contributed by atoms with Crippen LogP contribution in [0.15, 0.2) is 36.7 Å². The highest BCUT2D eigenvalue weighted by Gasteiger charge is 2.21. The Balaban J connectivity index is 2.15. The number of hydrogen-bond donors (Lipinski definition) is 1. The predicted molar refractivity (Wildman–Crippen MR) is 74.7 cm³/mol. The van der Waals surface area contributed by atoms with E-state index >= 15 is 0 Å². The van der Waals surface area contributed by atoms with Gasteiger partial charge in [-0.15, -0.1) is 0 Å². The quantitative estimate of drug-likeness (QED) is 0.928. The van der Waals surface area contributed by atoms with Gasteiger partial charge in [-0.3, -0.25) is 0 Å². The normalized spacial score (nSPS) is 10.9. The van der Waals surface area contributed by atoms with Crippen molar-refractivity contribution in [2.45, 2.75) is 19.3 Å². The van der Waals surface area contributed by atoms with E-state index < -0.39 is 0 Å². The topological polar surface area (TPSA) is 61.6 Å². The molecular formula is C15H15FN4. The van der Waals surface area contributed by atoms with Gasteiger partial charge in [0.1, 0.15) is 11.9 Å². The van der Waals surface area contributed by atoms with Crippen molar-refractivity contribution in [3.8, 4) is 6.07 Å². The summed E-state index contributed by atoms with van der Waals surface area (Å²) in [6.45, 7) is 4.51. The second-order valence-electron chi connectivity index (χ2n) is 5.11. The van der Waals surface area contributed by atoms with Crippen LogP contribution in [0.5, 0.6) is 0 Å². The highest BCUT2D eigenvalue weighted by atomic mass is 19.1. The molecule has 4 nitrogen and oxygen atoms in total. The van der Waals surface area contributed by atoms with E-state index in [1.807, 2.05) is 26.0 Å². The number of benzene rings is 1. The zero-order chi connectivity index (χ0) is 14.6. The molecule has 0 aliphatic heterocycles. The molecule has 0 bridgehead atoms. The molecule has 0 amide bonds. The van der Waals surface area contributed by atoms with E-state index in [2.05, 4.69) is 15.3 Å². The molecule has 0 spiro atoms. The summed E-state index contributed by atoms with van der Waals surface area (Å²) >= 11 is 0. The van der Waals surface area contributed by atoms with E-state index in [-0.39, 0.29) is 16.9 Å². The molecule has 102 valence electrons. The minimum absolute atomic E-state index is 0.252. The lowest BCUT2D eigenvalue weighted by Crippen LogP contribution is -2.28.